The maximum atomic E-state index is 9.15. The molecule has 1 unspecified atom stereocenters. The van der Waals surface area contributed by atoms with Crippen molar-refractivity contribution >= 4 is 0 Å². The molecule has 1 fully saturated rings. The second kappa shape index (κ2) is 7.48. The maximum Gasteiger partial charge on any atom is 0.147 e. The summed E-state index contributed by atoms with van der Waals surface area (Å²) in [5.41, 5.74) is 4.04. The monoisotopic (exact) mass is 264 g/mol. The molecule has 0 saturated carbocycles. The number of hydrogen-bond donors (Lipinski definition) is 2. The van der Waals surface area contributed by atoms with Crippen LogP contribution in [0.15, 0.2) is 24.3 Å². The van der Waals surface area contributed by atoms with E-state index in [9.17, 15) is 0 Å². The molecule has 1 atom stereocenters. The molecule has 1 saturated heterocycles. The first-order chi connectivity index (χ1) is 9.24. The number of nitrogens with one attached hydrogen (secondary N) is 1. The largest absolute Gasteiger partial charge is 0.409 e. The third-order valence-corrected chi connectivity index (χ3v) is 3.32. The lowest BCUT2D eigenvalue weighted by molar-refractivity contribution is 0.118. The van der Waals surface area contributed by atoms with E-state index in [1.807, 2.05) is 12.1 Å². The first kappa shape index (κ1) is 14.3. The van der Waals surface area contributed by atoms with E-state index >= 15 is 0 Å². The van der Waals surface area contributed by atoms with Crippen molar-refractivity contribution in [3.63, 3.8) is 0 Å². The predicted molar refractivity (Wildman–Crippen MR) is 75.9 cm³/mol. The van der Waals surface area contributed by atoms with E-state index in [0.29, 0.717) is 6.54 Å². The highest BCUT2D eigenvalue weighted by molar-refractivity contribution is 5.28. The zero-order valence-electron chi connectivity index (χ0n) is 11.6. The predicted octanol–water partition coefficient (Wildman–Crippen LogP) is 1.94. The molecular formula is C15H24N2O2. The normalized spacial score (nSPS) is 18.2. The van der Waals surface area contributed by atoms with E-state index in [0.717, 1.165) is 12.3 Å². The van der Waals surface area contributed by atoms with Gasteiger partial charge in [0.2, 0.25) is 0 Å². The molecule has 0 bridgehead atoms. The summed E-state index contributed by atoms with van der Waals surface area (Å²) in [6.45, 7) is 5.55. The molecular weight excluding hydrogens is 240 g/mol. The van der Waals surface area contributed by atoms with Gasteiger partial charge in [0.15, 0.2) is 0 Å². The van der Waals surface area contributed by atoms with E-state index in [1.165, 1.54) is 37.9 Å². The second-order valence-corrected chi connectivity index (χ2v) is 5.28. The molecule has 0 aromatic heterocycles. The van der Waals surface area contributed by atoms with Crippen molar-refractivity contribution in [2.24, 2.45) is 0 Å². The summed E-state index contributed by atoms with van der Waals surface area (Å²) in [4.78, 5) is 7.91. The van der Waals surface area contributed by atoms with Gasteiger partial charge in [0.05, 0.1) is 12.6 Å². The molecule has 0 amide bonds. The number of nitrogens with zero attached hydrogens (tertiary/aromatic N) is 1. The van der Waals surface area contributed by atoms with Crippen molar-refractivity contribution in [1.29, 1.82) is 0 Å². The molecule has 106 valence electrons. The Labute approximate surface area is 115 Å². The lowest BCUT2D eigenvalue weighted by atomic mass is 10.1. The molecule has 1 aliphatic rings. The van der Waals surface area contributed by atoms with Gasteiger partial charge in [-0.05, 0) is 50.6 Å². The zero-order valence-corrected chi connectivity index (χ0v) is 11.6. The van der Waals surface area contributed by atoms with Gasteiger partial charge in [0, 0.05) is 6.54 Å². The van der Waals surface area contributed by atoms with Crippen LogP contribution in [0.2, 0.25) is 0 Å². The van der Waals surface area contributed by atoms with E-state index in [1.54, 1.807) is 6.92 Å². The molecule has 4 heteroatoms. The number of hydrogen-bond acceptors (Lipinski definition) is 4. The van der Waals surface area contributed by atoms with E-state index in [2.05, 4.69) is 22.5 Å². The number of aliphatic hydroxyl groups is 1. The Bertz CT molecular complexity index is 376. The Balaban J connectivity index is 1.83. The van der Waals surface area contributed by atoms with Gasteiger partial charge in [-0.25, -0.2) is 0 Å². The first-order valence-electron chi connectivity index (χ1n) is 7.13. The van der Waals surface area contributed by atoms with Crippen molar-refractivity contribution in [2.45, 2.75) is 38.8 Å². The third kappa shape index (κ3) is 5.19. The minimum absolute atomic E-state index is 0.406. The van der Waals surface area contributed by atoms with E-state index < -0.39 is 6.10 Å². The molecule has 2 N–H and O–H groups in total. The number of piperidine rings is 1. The Hall–Kier alpha value is -1.10. The van der Waals surface area contributed by atoms with Crippen LogP contribution in [0.3, 0.4) is 0 Å². The first-order valence-corrected chi connectivity index (χ1v) is 7.13. The lowest BCUT2D eigenvalue weighted by Crippen LogP contribution is -2.29. The number of benzene rings is 1. The van der Waals surface area contributed by atoms with Crippen molar-refractivity contribution < 1.29 is 9.94 Å². The van der Waals surface area contributed by atoms with Gasteiger partial charge in [0.1, 0.15) is 5.75 Å². The van der Waals surface area contributed by atoms with Crippen LogP contribution in [-0.4, -0.2) is 35.7 Å². The zero-order chi connectivity index (χ0) is 13.5. The van der Waals surface area contributed by atoms with Crippen LogP contribution in [0.4, 0.5) is 0 Å². The molecule has 1 heterocycles. The van der Waals surface area contributed by atoms with Crippen molar-refractivity contribution in [2.75, 3.05) is 19.6 Å². The van der Waals surface area contributed by atoms with Crippen molar-refractivity contribution in [1.82, 2.24) is 10.4 Å². The minimum Gasteiger partial charge on any atom is -0.409 e. The fourth-order valence-electron chi connectivity index (χ4n) is 2.33. The van der Waals surface area contributed by atoms with Crippen LogP contribution in [0.25, 0.3) is 0 Å². The minimum atomic E-state index is -0.406. The quantitative estimate of drug-likeness (QED) is 0.771. The molecule has 4 nitrogen and oxygen atoms in total. The molecule has 1 aliphatic heterocycles. The van der Waals surface area contributed by atoms with Crippen LogP contribution in [-0.2, 0) is 6.54 Å². The summed E-state index contributed by atoms with van der Waals surface area (Å²) >= 11 is 0. The second-order valence-electron chi connectivity index (χ2n) is 5.28. The van der Waals surface area contributed by atoms with Crippen LogP contribution in [0, 0.1) is 0 Å². The molecule has 2 rings (SSSR count). The number of hydroxylamine groups is 1. The van der Waals surface area contributed by atoms with Crippen LogP contribution in [0.1, 0.15) is 31.7 Å². The standard InChI is InChI=1S/C15H24N2O2/c1-13(18)11-16-19-15-7-5-6-14(10-15)12-17-8-3-2-4-9-17/h5-7,10,13,16,18H,2-4,8-9,11-12H2,1H3. The summed E-state index contributed by atoms with van der Waals surface area (Å²) in [5, 5.41) is 9.15. The van der Waals surface area contributed by atoms with Crippen molar-refractivity contribution in [3.05, 3.63) is 29.8 Å². The Kier molecular flexibility index (Phi) is 5.63. The fraction of sp³-hybridized carbons (Fsp3) is 0.600. The van der Waals surface area contributed by atoms with Crippen LogP contribution in [0.5, 0.6) is 5.75 Å². The van der Waals surface area contributed by atoms with Gasteiger partial charge in [-0.1, -0.05) is 18.6 Å². The number of aliphatic hydroxyl groups excluding tert-OH is 1. The molecule has 0 aliphatic carbocycles. The summed E-state index contributed by atoms with van der Waals surface area (Å²) in [7, 11) is 0. The van der Waals surface area contributed by atoms with E-state index in [-0.39, 0.29) is 0 Å². The summed E-state index contributed by atoms with van der Waals surface area (Å²) in [6, 6.07) is 8.13. The average molecular weight is 264 g/mol. The van der Waals surface area contributed by atoms with Gasteiger partial charge in [-0.15, -0.1) is 0 Å². The number of likely N-dealkylation sites (tertiary alicyclic amines) is 1. The Morgan fingerprint density at radius 2 is 2.11 bits per heavy atom. The summed E-state index contributed by atoms with van der Waals surface area (Å²) in [5.74, 6) is 0.801. The van der Waals surface area contributed by atoms with E-state index in [4.69, 9.17) is 9.94 Å². The smallest absolute Gasteiger partial charge is 0.147 e. The molecule has 1 aromatic rings. The van der Waals surface area contributed by atoms with Crippen molar-refractivity contribution in [3.8, 4) is 5.75 Å². The van der Waals surface area contributed by atoms with Gasteiger partial charge in [-0.3, -0.25) is 4.90 Å². The SMILES string of the molecule is CC(O)CNOc1cccc(CN2CCCCC2)c1. The Morgan fingerprint density at radius 3 is 2.84 bits per heavy atom. The molecule has 0 spiro atoms. The van der Waals surface area contributed by atoms with Gasteiger partial charge in [0.25, 0.3) is 0 Å². The van der Waals surface area contributed by atoms with Crippen LogP contribution < -0.4 is 10.3 Å². The van der Waals surface area contributed by atoms with Gasteiger partial charge < -0.3 is 9.94 Å². The fourth-order valence-corrected chi connectivity index (χ4v) is 2.33. The number of rotatable bonds is 6. The maximum absolute atomic E-state index is 9.15. The summed E-state index contributed by atoms with van der Waals surface area (Å²) < 4.78 is 0. The molecule has 19 heavy (non-hydrogen) atoms. The van der Waals surface area contributed by atoms with Gasteiger partial charge >= 0.3 is 0 Å². The highest BCUT2D eigenvalue weighted by Crippen LogP contribution is 2.17. The average Bonchev–Trinajstić information content (AvgIpc) is 2.40. The molecule has 0 radical (unpaired) electrons. The summed E-state index contributed by atoms with van der Waals surface area (Å²) in [6.07, 6.45) is 3.58. The molecule has 1 aromatic carbocycles. The topological polar surface area (TPSA) is 44.7 Å². The lowest BCUT2D eigenvalue weighted by Gasteiger charge is -2.26. The third-order valence-electron chi connectivity index (χ3n) is 3.32. The Morgan fingerprint density at radius 1 is 1.32 bits per heavy atom. The van der Waals surface area contributed by atoms with Crippen LogP contribution >= 0.6 is 0 Å². The van der Waals surface area contributed by atoms with Gasteiger partial charge in [-0.2, -0.15) is 5.48 Å². The highest BCUT2D eigenvalue weighted by atomic mass is 16.6. The highest BCUT2D eigenvalue weighted by Gasteiger charge is 2.10.